The predicted octanol–water partition coefficient (Wildman–Crippen LogP) is 0.210. The van der Waals surface area contributed by atoms with Crippen molar-refractivity contribution in [1.82, 2.24) is 5.32 Å². The van der Waals surface area contributed by atoms with Gasteiger partial charge < -0.3 is 15.5 Å². The van der Waals surface area contributed by atoms with Crippen LogP contribution in [-0.2, 0) is 4.79 Å². The number of rotatable bonds is 3. The molecule has 13 heavy (non-hydrogen) atoms. The molecule has 0 aromatic carbocycles. The number of aliphatic hydroxyl groups excluding tert-OH is 1. The minimum absolute atomic E-state index is 0.288. The lowest BCUT2D eigenvalue weighted by Crippen LogP contribution is -2.49. The van der Waals surface area contributed by atoms with Gasteiger partial charge in [0.05, 0.1) is 12.0 Å². The molecule has 0 aliphatic carbocycles. The number of carboxylic acids is 1. The molecule has 0 saturated carbocycles. The Balaban J connectivity index is 2.42. The molecule has 0 radical (unpaired) electrons. The molecule has 1 aliphatic rings. The summed E-state index contributed by atoms with van der Waals surface area (Å²) in [4.78, 5) is 10.6. The second kappa shape index (κ2) is 4.58. The van der Waals surface area contributed by atoms with Crippen molar-refractivity contribution in [2.45, 2.75) is 38.3 Å². The van der Waals surface area contributed by atoms with E-state index in [1.54, 1.807) is 0 Å². The van der Waals surface area contributed by atoms with E-state index in [-0.39, 0.29) is 6.04 Å². The molecule has 76 valence electrons. The first-order valence-electron chi connectivity index (χ1n) is 4.79. The molecule has 0 aromatic heterocycles. The van der Waals surface area contributed by atoms with Crippen molar-refractivity contribution in [3.63, 3.8) is 0 Å². The van der Waals surface area contributed by atoms with Crippen LogP contribution in [0, 0.1) is 5.92 Å². The molecule has 1 fully saturated rings. The summed E-state index contributed by atoms with van der Waals surface area (Å²) in [6.07, 6.45) is 1.94. The summed E-state index contributed by atoms with van der Waals surface area (Å²) in [5.74, 6) is -1.54. The average molecular weight is 187 g/mol. The van der Waals surface area contributed by atoms with Crippen molar-refractivity contribution < 1.29 is 15.0 Å². The van der Waals surface area contributed by atoms with Gasteiger partial charge in [-0.25, -0.2) is 0 Å². The lowest BCUT2D eigenvalue weighted by atomic mass is 9.90. The summed E-state index contributed by atoms with van der Waals surface area (Å²) < 4.78 is 0. The van der Waals surface area contributed by atoms with E-state index in [2.05, 4.69) is 12.2 Å². The first-order chi connectivity index (χ1) is 6.15. The zero-order valence-corrected chi connectivity index (χ0v) is 7.86. The molecule has 0 spiro atoms. The van der Waals surface area contributed by atoms with Crippen LogP contribution in [0.5, 0.6) is 0 Å². The van der Waals surface area contributed by atoms with E-state index in [0.717, 1.165) is 12.8 Å². The van der Waals surface area contributed by atoms with Gasteiger partial charge in [0.25, 0.3) is 0 Å². The highest BCUT2D eigenvalue weighted by molar-refractivity contribution is 5.71. The Labute approximate surface area is 78.0 Å². The quantitative estimate of drug-likeness (QED) is 0.590. The maximum absolute atomic E-state index is 10.6. The molecule has 4 nitrogen and oxygen atoms in total. The van der Waals surface area contributed by atoms with Crippen LogP contribution in [0.15, 0.2) is 0 Å². The second-order valence-electron chi connectivity index (χ2n) is 3.64. The third-order valence-corrected chi connectivity index (χ3v) is 2.57. The highest BCUT2D eigenvalue weighted by atomic mass is 16.4. The monoisotopic (exact) mass is 187 g/mol. The summed E-state index contributed by atoms with van der Waals surface area (Å²) in [5.41, 5.74) is 0. The third kappa shape index (κ3) is 2.67. The van der Waals surface area contributed by atoms with Crippen LogP contribution in [0.1, 0.15) is 26.2 Å². The molecule has 0 aromatic rings. The van der Waals surface area contributed by atoms with Gasteiger partial charge in [-0.1, -0.05) is 13.3 Å². The smallest absolute Gasteiger partial charge is 0.310 e. The van der Waals surface area contributed by atoms with Crippen LogP contribution in [0.2, 0.25) is 0 Å². The lowest BCUT2D eigenvalue weighted by Gasteiger charge is -2.31. The standard InChI is InChI=1S/C9H17NO3/c1-2-3-6-4-8(11)7(5-10-6)9(12)13/h6-8,10-11H,2-5H2,1H3,(H,12,13). The van der Waals surface area contributed by atoms with Gasteiger partial charge in [-0.15, -0.1) is 0 Å². The molecule has 3 N–H and O–H groups in total. The zero-order valence-electron chi connectivity index (χ0n) is 7.86. The van der Waals surface area contributed by atoms with E-state index in [1.165, 1.54) is 0 Å². The number of aliphatic carboxylic acids is 1. The number of carbonyl (C=O) groups is 1. The maximum atomic E-state index is 10.6. The van der Waals surface area contributed by atoms with Gasteiger partial charge in [-0.05, 0) is 12.8 Å². The first-order valence-corrected chi connectivity index (χ1v) is 4.79. The SMILES string of the molecule is CCCC1CC(O)C(C(=O)O)CN1. The highest BCUT2D eigenvalue weighted by Gasteiger charge is 2.32. The van der Waals surface area contributed by atoms with Crippen LogP contribution < -0.4 is 5.32 Å². The Morgan fingerprint density at radius 3 is 2.77 bits per heavy atom. The summed E-state index contributed by atoms with van der Waals surface area (Å²) >= 11 is 0. The molecule has 3 atom stereocenters. The van der Waals surface area contributed by atoms with E-state index in [1.807, 2.05) is 0 Å². The van der Waals surface area contributed by atoms with Crippen molar-refractivity contribution >= 4 is 5.97 Å². The topological polar surface area (TPSA) is 69.6 Å². The number of hydrogen-bond donors (Lipinski definition) is 3. The fraction of sp³-hybridized carbons (Fsp3) is 0.889. The van der Waals surface area contributed by atoms with Crippen molar-refractivity contribution in [2.75, 3.05) is 6.54 Å². The van der Waals surface area contributed by atoms with Crippen molar-refractivity contribution in [1.29, 1.82) is 0 Å². The van der Waals surface area contributed by atoms with Gasteiger partial charge in [-0.3, -0.25) is 4.79 Å². The Morgan fingerprint density at radius 2 is 2.31 bits per heavy atom. The third-order valence-electron chi connectivity index (χ3n) is 2.57. The van der Waals surface area contributed by atoms with Crippen molar-refractivity contribution in [3.05, 3.63) is 0 Å². The number of nitrogens with one attached hydrogen (secondary N) is 1. The Morgan fingerprint density at radius 1 is 1.62 bits per heavy atom. The van der Waals surface area contributed by atoms with Crippen LogP contribution in [0.3, 0.4) is 0 Å². The van der Waals surface area contributed by atoms with Crippen LogP contribution in [0.4, 0.5) is 0 Å². The Bertz CT molecular complexity index is 184. The van der Waals surface area contributed by atoms with E-state index < -0.39 is 18.0 Å². The van der Waals surface area contributed by atoms with E-state index in [4.69, 9.17) is 5.11 Å². The number of piperidine rings is 1. The molecular formula is C9H17NO3. The number of carboxylic acid groups (broad SMARTS) is 1. The molecule has 0 bridgehead atoms. The largest absolute Gasteiger partial charge is 0.481 e. The van der Waals surface area contributed by atoms with Crippen molar-refractivity contribution in [3.8, 4) is 0 Å². The molecule has 1 heterocycles. The Hall–Kier alpha value is -0.610. The molecule has 3 unspecified atom stereocenters. The molecule has 1 aliphatic heterocycles. The van der Waals surface area contributed by atoms with Gasteiger partial charge >= 0.3 is 5.97 Å². The van der Waals surface area contributed by atoms with Crippen LogP contribution in [-0.4, -0.2) is 34.9 Å². The lowest BCUT2D eigenvalue weighted by molar-refractivity contribution is -0.147. The van der Waals surface area contributed by atoms with E-state index in [0.29, 0.717) is 13.0 Å². The highest BCUT2D eigenvalue weighted by Crippen LogP contribution is 2.18. The van der Waals surface area contributed by atoms with Gasteiger partial charge in [0, 0.05) is 12.6 Å². The van der Waals surface area contributed by atoms with Crippen molar-refractivity contribution in [2.24, 2.45) is 5.92 Å². The summed E-state index contributed by atoms with van der Waals surface area (Å²) in [5, 5.41) is 21.4. The fourth-order valence-corrected chi connectivity index (χ4v) is 1.79. The zero-order chi connectivity index (χ0) is 9.84. The fourth-order valence-electron chi connectivity index (χ4n) is 1.79. The second-order valence-corrected chi connectivity index (χ2v) is 3.64. The number of aliphatic hydroxyl groups is 1. The van der Waals surface area contributed by atoms with E-state index >= 15 is 0 Å². The minimum Gasteiger partial charge on any atom is -0.481 e. The molecular weight excluding hydrogens is 170 g/mol. The van der Waals surface area contributed by atoms with Gasteiger partial charge in [0.1, 0.15) is 0 Å². The first kappa shape index (κ1) is 10.5. The molecule has 1 saturated heterocycles. The predicted molar refractivity (Wildman–Crippen MR) is 48.4 cm³/mol. The minimum atomic E-state index is -0.907. The van der Waals surface area contributed by atoms with E-state index in [9.17, 15) is 9.90 Å². The van der Waals surface area contributed by atoms with Gasteiger partial charge in [-0.2, -0.15) is 0 Å². The number of hydrogen-bond acceptors (Lipinski definition) is 3. The molecule has 4 heteroatoms. The maximum Gasteiger partial charge on any atom is 0.310 e. The summed E-state index contributed by atoms with van der Waals surface area (Å²) in [7, 11) is 0. The molecule has 1 rings (SSSR count). The van der Waals surface area contributed by atoms with Crippen LogP contribution in [0.25, 0.3) is 0 Å². The average Bonchev–Trinajstić information content (AvgIpc) is 2.04. The normalized spacial score (nSPS) is 34.5. The van der Waals surface area contributed by atoms with Gasteiger partial charge in [0.15, 0.2) is 0 Å². The molecule has 0 amide bonds. The summed E-state index contributed by atoms with van der Waals surface area (Å²) in [6.45, 7) is 2.47. The summed E-state index contributed by atoms with van der Waals surface area (Å²) in [6, 6.07) is 0.288. The van der Waals surface area contributed by atoms with Crippen LogP contribution >= 0.6 is 0 Å². The van der Waals surface area contributed by atoms with Gasteiger partial charge in [0.2, 0.25) is 0 Å². The Kier molecular flexibility index (Phi) is 3.69.